The third-order valence-electron chi connectivity index (χ3n) is 4.44. The highest BCUT2D eigenvalue weighted by molar-refractivity contribution is 6.07. The third-order valence-corrected chi connectivity index (χ3v) is 4.44. The van der Waals surface area contributed by atoms with Gasteiger partial charge in [0.15, 0.2) is 0 Å². The van der Waals surface area contributed by atoms with Gasteiger partial charge in [-0.15, -0.1) is 0 Å². The van der Waals surface area contributed by atoms with E-state index in [0.29, 0.717) is 23.3 Å². The molecule has 1 heterocycles. The second-order valence-corrected chi connectivity index (χ2v) is 6.30. The first-order chi connectivity index (χ1) is 12.6. The van der Waals surface area contributed by atoms with Crippen LogP contribution in [0.3, 0.4) is 0 Å². The van der Waals surface area contributed by atoms with Gasteiger partial charge in [-0.2, -0.15) is 0 Å². The molecule has 0 radical (unpaired) electrons. The number of anilines is 1. The van der Waals surface area contributed by atoms with Crippen molar-refractivity contribution in [2.45, 2.75) is 39.2 Å². The van der Waals surface area contributed by atoms with Crippen LogP contribution in [0.15, 0.2) is 48.5 Å². The molecule has 1 aromatic heterocycles. The van der Waals surface area contributed by atoms with Crippen LogP contribution >= 0.6 is 0 Å². The van der Waals surface area contributed by atoms with Crippen molar-refractivity contribution in [1.82, 2.24) is 9.97 Å². The number of amides is 1. The number of para-hydroxylation sites is 1. The van der Waals surface area contributed by atoms with Crippen LogP contribution in [0, 0.1) is 0 Å². The molecule has 2 aromatic carbocycles. The molecular formula is C21H24N4O. The summed E-state index contributed by atoms with van der Waals surface area (Å²) in [6, 6.07) is 15.9. The van der Waals surface area contributed by atoms with E-state index in [0.717, 1.165) is 24.0 Å². The third kappa shape index (κ3) is 3.67. The van der Waals surface area contributed by atoms with Crippen molar-refractivity contribution in [3.8, 4) is 0 Å². The number of aromatic nitrogens is 2. The van der Waals surface area contributed by atoms with E-state index >= 15 is 0 Å². The van der Waals surface area contributed by atoms with Crippen molar-refractivity contribution in [3.05, 3.63) is 65.5 Å². The van der Waals surface area contributed by atoms with Crippen molar-refractivity contribution in [3.63, 3.8) is 0 Å². The lowest BCUT2D eigenvalue weighted by atomic mass is 10.0. The van der Waals surface area contributed by atoms with E-state index < -0.39 is 5.91 Å². The fraction of sp³-hybridized carbons (Fsp3) is 0.286. The van der Waals surface area contributed by atoms with Gasteiger partial charge in [0, 0.05) is 11.8 Å². The Morgan fingerprint density at radius 3 is 2.50 bits per heavy atom. The van der Waals surface area contributed by atoms with Gasteiger partial charge < -0.3 is 11.1 Å². The number of benzene rings is 2. The molecule has 1 amide bonds. The van der Waals surface area contributed by atoms with Gasteiger partial charge in [-0.1, -0.05) is 56.7 Å². The van der Waals surface area contributed by atoms with Gasteiger partial charge in [0.25, 0.3) is 5.91 Å². The number of carbonyl (C=O) groups is 1. The molecule has 0 aliphatic rings. The number of primary amides is 1. The summed E-state index contributed by atoms with van der Waals surface area (Å²) < 4.78 is 0. The lowest BCUT2D eigenvalue weighted by Gasteiger charge is -2.21. The van der Waals surface area contributed by atoms with E-state index in [1.807, 2.05) is 37.3 Å². The molecule has 3 rings (SSSR count). The number of carbonyl (C=O) groups excluding carboxylic acids is 1. The zero-order chi connectivity index (χ0) is 18.5. The van der Waals surface area contributed by atoms with Crippen LogP contribution in [-0.4, -0.2) is 15.9 Å². The van der Waals surface area contributed by atoms with Crippen molar-refractivity contribution in [2.24, 2.45) is 5.73 Å². The maximum Gasteiger partial charge on any atom is 0.250 e. The zero-order valence-electron chi connectivity index (χ0n) is 15.2. The summed E-state index contributed by atoms with van der Waals surface area (Å²) in [6.45, 7) is 4.16. The Labute approximate surface area is 153 Å². The quantitative estimate of drug-likeness (QED) is 0.669. The van der Waals surface area contributed by atoms with E-state index in [2.05, 4.69) is 29.4 Å². The molecule has 0 bridgehead atoms. The Hall–Kier alpha value is -2.95. The molecule has 134 valence electrons. The average Bonchev–Trinajstić information content (AvgIpc) is 2.67. The van der Waals surface area contributed by atoms with Gasteiger partial charge in [-0.05, 0) is 24.1 Å². The second kappa shape index (κ2) is 7.95. The fourth-order valence-corrected chi connectivity index (χ4v) is 3.13. The maximum absolute atomic E-state index is 11.8. The lowest BCUT2D eigenvalue weighted by Crippen LogP contribution is -2.15. The van der Waals surface area contributed by atoms with Crippen LogP contribution in [0.5, 0.6) is 0 Å². The number of nitrogens with zero attached hydrogens (tertiary/aromatic N) is 2. The predicted molar refractivity (Wildman–Crippen MR) is 105 cm³/mol. The molecule has 3 aromatic rings. The fourth-order valence-electron chi connectivity index (χ4n) is 3.13. The molecule has 5 heteroatoms. The summed E-state index contributed by atoms with van der Waals surface area (Å²) in [5.74, 6) is 0.963. The summed E-state index contributed by atoms with van der Waals surface area (Å²) in [4.78, 5) is 21.1. The highest BCUT2D eigenvalue weighted by atomic mass is 16.1. The average molecular weight is 348 g/mol. The summed E-state index contributed by atoms with van der Waals surface area (Å²) >= 11 is 0. The first-order valence-corrected chi connectivity index (χ1v) is 9.05. The van der Waals surface area contributed by atoms with E-state index in [4.69, 9.17) is 10.7 Å². The Balaban J connectivity index is 2.11. The number of fused-ring (bicyclic) bond motifs is 1. The van der Waals surface area contributed by atoms with Crippen LogP contribution in [-0.2, 0) is 6.42 Å². The minimum Gasteiger partial charge on any atom is -0.366 e. The van der Waals surface area contributed by atoms with Gasteiger partial charge >= 0.3 is 0 Å². The molecule has 0 unspecified atom stereocenters. The van der Waals surface area contributed by atoms with Crippen molar-refractivity contribution in [1.29, 1.82) is 0 Å². The summed E-state index contributed by atoms with van der Waals surface area (Å²) in [7, 11) is 0. The van der Waals surface area contributed by atoms with Crippen molar-refractivity contribution in [2.75, 3.05) is 5.32 Å². The van der Waals surface area contributed by atoms with Crippen molar-refractivity contribution < 1.29 is 4.79 Å². The number of hydrogen-bond acceptors (Lipinski definition) is 4. The molecule has 1 atom stereocenters. The minimum atomic E-state index is -0.476. The van der Waals surface area contributed by atoms with Crippen LogP contribution in [0.2, 0.25) is 0 Å². The van der Waals surface area contributed by atoms with Gasteiger partial charge in [-0.3, -0.25) is 4.79 Å². The van der Waals surface area contributed by atoms with E-state index in [-0.39, 0.29) is 6.04 Å². The summed E-state index contributed by atoms with van der Waals surface area (Å²) in [5.41, 5.74) is 7.79. The molecule has 0 spiro atoms. The normalized spacial score (nSPS) is 12.1. The van der Waals surface area contributed by atoms with Crippen molar-refractivity contribution >= 4 is 22.6 Å². The SMILES string of the molecule is CCC[C@@H](Nc1nc(CC)nc2c(C(N)=O)cccc12)c1ccccc1. The topological polar surface area (TPSA) is 80.9 Å². The number of nitrogens with one attached hydrogen (secondary N) is 1. The first-order valence-electron chi connectivity index (χ1n) is 9.05. The lowest BCUT2D eigenvalue weighted by molar-refractivity contribution is 0.100. The highest BCUT2D eigenvalue weighted by Crippen LogP contribution is 2.29. The Morgan fingerprint density at radius 2 is 1.85 bits per heavy atom. The maximum atomic E-state index is 11.8. The standard InChI is InChI=1S/C21H24N4O/c1-3-9-17(14-10-6-5-7-11-14)23-21-16-13-8-12-15(20(22)26)19(16)24-18(4-2)25-21/h5-8,10-13,17H,3-4,9H2,1-2H3,(H2,22,26)(H,23,24,25)/t17-/m1/s1. The second-order valence-electron chi connectivity index (χ2n) is 6.30. The molecule has 0 aliphatic carbocycles. The van der Waals surface area contributed by atoms with Gasteiger partial charge in [0.1, 0.15) is 11.6 Å². The number of aryl methyl sites for hydroxylation is 1. The Bertz CT molecular complexity index is 909. The first kappa shape index (κ1) is 17.9. The predicted octanol–water partition coefficient (Wildman–Crippen LogP) is 4.24. The highest BCUT2D eigenvalue weighted by Gasteiger charge is 2.17. The van der Waals surface area contributed by atoms with Crippen LogP contribution in [0.4, 0.5) is 5.82 Å². The van der Waals surface area contributed by atoms with E-state index in [1.165, 1.54) is 5.56 Å². The number of nitrogens with two attached hydrogens (primary N) is 1. The Kier molecular flexibility index (Phi) is 5.46. The zero-order valence-corrected chi connectivity index (χ0v) is 15.2. The monoisotopic (exact) mass is 348 g/mol. The molecule has 5 nitrogen and oxygen atoms in total. The largest absolute Gasteiger partial charge is 0.366 e. The molecule has 0 aliphatic heterocycles. The molecule has 26 heavy (non-hydrogen) atoms. The van der Waals surface area contributed by atoms with Crippen LogP contribution in [0.25, 0.3) is 10.9 Å². The summed E-state index contributed by atoms with van der Waals surface area (Å²) in [5, 5.41) is 4.39. The Morgan fingerprint density at radius 1 is 1.08 bits per heavy atom. The van der Waals surface area contributed by atoms with Gasteiger partial charge in [-0.25, -0.2) is 9.97 Å². The van der Waals surface area contributed by atoms with Crippen LogP contribution < -0.4 is 11.1 Å². The molecule has 0 saturated heterocycles. The molecule has 0 fully saturated rings. The number of rotatable bonds is 7. The smallest absolute Gasteiger partial charge is 0.250 e. The van der Waals surface area contributed by atoms with E-state index in [1.54, 1.807) is 6.07 Å². The number of hydrogen-bond donors (Lipinski definition) is 2. The van der Waals surface area contributed by atoms with Gasteiger partial charge in [0.2, 0.25) is 0 Å². The summed E-state index contributed by atoms with van der Waals surface area (Å²) in [6.07, 6.45) is 2.71. The van der Waals surface area contributed by atoms with Crippen LogP contribution in [0.1, 0.15) is 54.5 Å². The molecule has 0 saturated carbocycles. The molecular weight excluding hydrogens is 324 g/mol. The van der Waals surface area contributed by atoms with Gasteiger partial charge in [0.05, 0.1) is 17.1 Å². The minimum absolute atomic E-state index is 0.140. The molecule has 3 N–H and O–H groups in total. The van der Waals surface area contributed by atoms with E-state index in [9.17, 15) is 4.79 Å².